The van der Waals surface area contributed by atoms with Crippen LogP contribution in [0.2, 0.25) is 0 Å². The average Bonchev–Trinajstić information content (AvgIpc) is 3.29. The van der Waals surface area contributed by atoms with Gasteiger partial charge in [0.25, 0.3) is 0 Å². The number of ether oxygens (including phenoxy) is 1. The summed E-state index contributed by atoms with van der Waals surface area (Å²) in [4.78, 5) is 13.9. The summed E-state index contributed by atoms with van der Waals surface area (Å²) < 4.78 is 5.24. The van der Waals surface area contributed by atoms with Crippen molar-refractivity contribution in [2.45, 2.75) is 52.1 Å². The molecule has 3 rings (SSSR count). The smallest absolute Gasteiger partial charge is 0.0897 e. The number of piperidine rings is 1. The Hall–Kier alpha value is -0.530. The molecule has 1 aromatic heterocycles. The summed E-state index contributed by atoms with van der Waals surface area (Å²) in [5.41, 5.74) is 0. The van der Waals surface area contributed by atoms with Gasteiger partial charge in [0.2, 0.25) is 0 Å². The Kier molecular flexibility index (Phi) is 8.52. The molecule has 2 fully saturated rings. The number of likely N-dealkylation sites (N-methyl/N-ethyl adjacent to an activating group) is 1. The maximum absolute atomic E-state index is 5.24. The van der Waals surface area contributed by atoms with E-state index in [1.807, 2.05) is 11.3 Å². The monoisotopic (exact) mass is 394 g/mol. The summed E-state index contributed by atoms with van der Waals surface area (Å²) >= 11 is 1.86. The summed E-state index contributed by atoms with van der Waals surface area (Å²) in [7, 11) is 1.80. The lowest BCUT2D eigenvalue weighted by Gasteiger charge is -2.36. The van der Waals surface area contributed by atoms with Crippen LogP contribution in [0.5, 0.6) is 0 Å². The number of rotatable bonds is 10. The Bertz CT molecular complexity index is 544. The number of nitrogens with zero attached hydrogens (tertiary/aromatic N) is 4. The minimum absolute atomic E-state index is 0.741. The molecule has 0 spiro atoms. The quantitative estimate of drug-likeness (QED) is 0.609. The van der Waals surface area contributed by atoms with E-state index in [0.717, 1.165) is 31.7 Å². The third-order valence-corrected chi connectivity index (χ3v) is 7.16. The van der Waals surface area contributed by atoms with Gasteiger partial charge in [-0.15, -0.1) is 11.3 Å². The van der Waals surface area contributed by atoms with Gasteiger partial charge >= 0.3 is 0 Å². The zero-order chi connectivity index (χ0) is 19.1. The summed E-state index contributed by atoms with van der Waals surface area (Å²) in [6, 6.07) is 0.741. The number of aromatic nitrogens is 1. The van der Waals surface area contributed by atoms with E-state index in [2.05, 4.69) is 39.7 Å². The van der Waals surface area contributed by atoms with Gasteiger partial charge in [-0.2, -0.15) is 0 Å². The molecule has 1 unspecified atom stereocenters. The van der Waals surface area contributed by atoms with E-state index in [9.17, 15) is 0 Å². The fraction of sp³-hybridized carbons (Fsp3) is 0.857. The van der Waals surface area contributed by atoms with Gasteiger partial charge in [0.15, 0.2) is 0 Å². The first-order valence-electron chi connectivity index (χ1n) is 10.8. The molecular weight excluding hydrogens is 356 g/mol. The molecule has 1 atom stereocenters. The van der Waals surface area contributed by atoms with Crippen LogP contribution >= 0.6 is 11.3 Å². The highest BCUT2D eigenvalue weighted by Crippen LogP contribution is 2.24. The van der Waals surface area contributed by atoms with Gasteiger partial charge in [-0.1, -0.05) is 6.92 Å². The minimum atomic E-state index is 0.741. The van der Waals surface area contributed by atoms with Crippen LogP contribution in [0.3, 0.4) is 0 Å². The largest absolute Gasteiger partial charge is 0.383 e. The van der Waals surface area contributed by atoms with Crippen molar-refractivity contribution in [2.75, 3.05) is 59.5 Å². The first-order chi connectivity index (χ1) is 13.2. The molecule has 0 amide bonds. The number of likely N-dealkylation sites (tertiary alicyclic amines) is 2. The van der Waals surface area contributed by atoms with Crippen molar-refractivity contribution in [3.8, 4) is 0 Å². The van der Waals surface area contributed by atoms with Gasteiger partial charge in [0.1, 0.15) is 0 Å². The molecule has 6 heteroatoms. The summed E-state index contributed by atoms with van der Waals surface area (Å²) in [6.45, 7) is 14.8. The van der Waals surface area contributed by atoms with E-state index >= 15 is 0 Å². The van der Waals surface area contributed by atoms with E-state index in [0.29, 0.717) is 0 Å². The molecule has 0 aromatic carbocycles. The van der Waals surface area contributed by atoms with Gasteiger partial charge < -0.3 is 9.64 Å². The lowest BCUT2D eigenvalue weighted by Crippen LogP contribution is -2.44. The second kappa shape index (κ2) is 10.9. The molecule has 2 saturated heterocycles. The Labute approximate surface area is 169 Å². The lowest BCUT2D eigenvalue weighted by molar-refractivity contribution is 0.0967. The maximum Gasteiger partial charge on any atom is 0.0897 e. The van der Waals surface area contributed by atoms with Gasteiger partial charge in [-0.25, -0.2) is 4.98 Å². The van der Waals surface area contributed by atoms with Crippen molar-refractivity contribution < 1.29 is 4.74 Å². The highest BCUT2D eigenvalue weighted by atomic mass is 32.1. The predicted molar refractivity (Wildman–Crippen MR) is 113 cm³/mol. The van der Waals surface area contributed by atoms with E-state index in [4.69, 9.17) is 4.74 Å². The van der Waals surface area contributed by atoms with Gasteiger partial charge in [-0.05, 0) is 64.7 Å². The Morgan fingerprint density at radius 2 is 2.04 bits per heavy atom. The summed E-state index contributed by atoms with van der Waals surface area (Å²) in [5, 5.41) is 1.19. The SMILES string of the molecule is CCN1CCCC1CN(Cc1cnc(C)s1)CC1CCN(CCOC)CC1. The molecule has 27 heavy (non-hydrogen) atoms. The molecular formula is C21H38N4OS. The fourth-order valence-electron chi connectivity index (χ4n) is 4.70. The molecule has 0 N–H and O–H groups in total. The molecule has 0 radical (unpaired) electrons. The van der Waals surface area contributed by atoms with Crippen LogP contribution in [-0.2, 0) is 11.3 Å². The van der Waals surface area contributed by atoms with Crippen molar-refractivity contribution >= 4 is 11.3 Å². The number of thiazole rings is 1. The second-order valence-electron chi connectivity index (χ2n) is 8.24. The highest BCUT2D eigenvalue weighted by Gasteiger charge is 2.27. The highest BCUT2D eigenvalue weighted by molar-refractivity contribution is 7.11. The Balaban J connectivity index is 1.54. The molecule has 3 heterocycles. The first-order valence-corrected chi connectivity index (χ1v) is 11.6. The molecule has 2 aliphatic rings. The summed E-state index contributed by atoms with van der Waals surface area (Å²) in [6.07, 6.45) is 7.46. The standard InChI is InChI=1S/C21H38N4OS/c1-4-25-9-5-6-20(25)16-24(17-21-14-22-18(2)27-21)15-19-7-10-23(11-8-19)12-13-26-3/h14,19-20H,4-13,15-17H2,1-3H3. The molecule has 0 saturated carbocycles. The topological polar surface area (TPSA) is 31.8 Å². The zero-order valence-electron chi connectivity index (χ0n) is 17.5. The van der Waals surface area contributed by atoms with Gasteiger partial charge in [0.05, 0.1) is 11.6 Å². The van der Waals surface area contributed by atoms with Crippen molar-refractivity contribution in [3.05, 3.63) is 16.1 Å². The van der Waals surface area contributed by atoms with Crippen LogP contribution in [0, 0.1) is 12.8 Å². The lowest BCUT2D eigenvalue weighted by atomic mass is 9.96. The fourth-order valence-corrected chi connectivity index (χ4v) is 5.53. The molecule has 2 aliphatic heterocycles. The first kappa shape index (κ1) is 21.2. The molecule has 0 bridgehead atoms. The maximum atomic E-state index is 5.24. The van der Waals surface area contributed by atoms with E-state index < -0.39 is 0 Å². The van der Waals surface area contributed by atoms with Crippen molar-refractivity contribution in [3.63, 3.8) is 0 Å². The molecule has 0 aliphatic carbocycles. The molecule has 1 aromatic rings. The van der Waals surface area contributed by atoms with Crippen LogP contribution in [-0.4, -0.2) is 85.3 Å². The molecule has 5 nitrogen and oxygen atoms in total. The zero-order valence-corrected chi connectivity index (χ0v) is 18.3. The minimum Gasteiger partial charge on any atom is -0.383 e. The third-order valence-electron chi connectivity index (χ3n) is 6.26. The third kappa shape index (κ3) is 6.50. The molecule has 154 valence electrons. The Morgan fingerprint density at radius 1 is 1.22 bits per heavy atom. The van der Waals surface area contributed by atoms with Crippen LogP contribution in [0.15, 0.2) is 6.20 Å². The average molecular weight is 395 g/mol. The van der Waals surface area contributed by atoms with Crippen LogP contribution in [0.25, 0.3) is 0 Å². The number of hydrogen-bond donors (Lipinski definition) is 0. The van der Waals surface area contributed by atoms with Gasteiger partial charge in [0, 0.05) is 50.4 Å². The van der Waals surface area contributed by atoms with E-state index in [-0.39, 0.29) is 0 Å². The van der Waals surface area contributed by atoms with Gasteiger partial charge in [-0.3, -0.25) is 9.80 Å². The van der Waals surface area contributed by atoms with Crippen LogP contribution < -0.4 is 0 Å². The normalized spacial score (nSPS) is 22.9. The van der Waals surface area contributed by atoms with Crippen LogP contribution in [0.4, 0.5) is 0 Å². The Morgan fingerprint density at radius 3 is 2.70 bits per heavy atom. The second-order valence-corrected chi connectivity index (χ2v) is 9.56. The number of hydrogen-bond acceptors (Lipinski definition) is 6. The number of methoxy groups -OCH3 is 1. The van der Waals surface area contributed by atoms with Crippen molar-refractivity contribution in [1.29, 1.82) is 0 Å². The summed E-state index contributed by atoms with van der Waals surface area (Å²) in [5.74, 6) is 0.828. The number of aryl methyl sites for hydroxylation is 1. The van der Waals surface area contributed by atoms with Crippen molar-refractivity contribution in [1.82, 2.24) is 19.7 Å². The van der Waals surface area contributed by atoms with E-state index in [1.165, 1.54) is 74.8 Å². The van der Waals surface area contributed by atoms with E-state index in [1.54, 1.807) is 7.11 Å². The van der Waals surface area contributed by atoms with Crippen molar-refractivity contribution in [2.24, 2.45) is 5.92 Å². The predicted octanol–water partition coefficient (Wildman–Crippen LogP) is 3.10. The van der Waals surface area contributed by atoms with Crippen LogP contribution in [0.1, 0.15) is 42.5 Å².